The molecule has 0 unspecified atom stereocenters. The Bertz CT molecular complexity index is 266. The molecule has 1 rings (SSSR count). The fourth-order valence-electron chi connectivity index (χ4n) is 1.08. The summed E-state index contributed by atoms with van der Waals surface area (Å²) in [5.41, 5.74) is 3.49. The van der Waals surface area contributed by atoms with Crippen molar-refractivity contribution in [2.45, 2.75) is 20.8 Å². The summed E-state index contributed by atoms with van der Waals surface area (Å²) in [6, 6.07) is 6.03. The highest BCUT2D eigenvalue weighted by Crippen LogP contribution is 2.17. The Balaban J connectivity index is 2.96. The monoisotopic (exact) mass is 165 g/mol. The fraction of sp³-hybridized carbons (Fsp3) is 0.364. The van der Waals surface area contributed by atoms with Gasteiger partial charge in [-0.25, -0.2) is 0 Å². The highest BCUT2D eigenvalue weighted by atomic mass is 19.1. The minimum atomic E-state index is -0.359. The molecule has 0 amide bonds. The molecule has 0 N–H and O–H groups in total. The van der Waals surface area contributed by atoms with Gasteiger partial charge in [0.25, 0.3) is 0 Å². The Morgan fingerprint density at radius 2 is 1.92 bits per heavy atom. The van der Waals surface area contributed by atoms with Crippen LogP contribution < -0.4 is 0 Å². The maximum atomic E-state index is 12.3. The Kier molecular flexibility index (Phi) is 2.85. The molecule has 0 aliphatic carbocycles. The van der Waals surface area contributed by atoms with Gasteiger partial charge in [0.1, 0.15) is 0 Å². The average molecular weight is 165 g/mol. The van der Waals surface area contributed by atoms with Crippen LogP contribution in [0.5, 0.6) is 0 Å². The molecule has 0 aromatic heterocycles. The van der Waals surface area contributed by atoms with Gasteiger partial charge in [-0.3, -0.25) is 4.39 Å². The smallest absolute Gasteiger partial charge is 0.0997 e. The molecule has 0 aliphatic rings. The summed E-state index contributed by atoms with van der Waals surface area (Å²) < 4.78 is 12.3. The normalized spacial score (nSPS) is 10.8. The first-order valence-electron chi connectivity index (χ1n) is 4.11. The lowest BCUT2D eigenvalue weighted by Crippen LogP contribution is -1.97. The average Bonchev–Trinajstić information content (AvgIpc) is 2.08. The van der Waals surface area contributed by atoms with E-state index in [-0.39, 0.29) is 6.67 Å². The molecule has 0 aliphatic heterocycles. The molecule has 0 spiro atoms. The van der Waals surface area contributed by atoms with E-state index < -0.39 is 0 Å². The molecule has 65 valence electrons. The van der Waals surface area contributed by atoms with Gasteiger partial charge in [0.2, 0.25) is 0 Å². The van der Waals surface area contributed by atoms with Gasteiger partial charge in [-0.1, -0.05) is 25.1 Å². The van der Waals surface area contributed by atoms with Crippen LogP contribution in [-0.2, 0) is 0 Å². The van der Waals surface area contributed by atoms with E-state index in [1.165, 1.54) is 11.1 Å². The zero-order valence-electron chi connectivity index (χ0n) is 7.82. The first-order chi connectivity index (χ1) is 5.65. The predicted molar refractivity (Wildman–Crippen MR) is 49.9 cm³/mol. The lowest BCUT2D eigenvalue weighted by atomic mass is 9.98. The Morgan fingerprint density at radius 1 is 1.25 bits per heavy atom. The third kappa shape index (κ3) is 1.84. The summed E-state index contributed by atoms with van der Waals surface area (Å²) in [5, 5.41) is 0. The lowest BCUT2D eigenvalue weighted by Gasteiger charge is -2.08. The van der Waals surface area contributed by atoms with Gasteiger partial charge in [-0.2, -0.15) is 0 Å². The van der Waals surface area contributed by atoms with Crippen LogP contribution in [-0.4, -0.2) is 6.67 Å². The topological polar surface area (TPSA) is 0 Å². The van der Waals surface area contributed by atoms with Gasteiger partial charge >= 0.3 is 0 Å². The molecular formula is C11H14F. The van der Waals surface area contributed by atoms with Crippen molar-refractivity contribution in [3.05, 3.63) is 40.8 Å². The van der Waals surface area contributed by atoms with Crippen LogP contribution in [0.4, 0.5) is 4.39 Å². The van der Waals surface area contributed by atoms with E-state index in [0.717, 1.165) is 11.5 Å². The Morgan fingerprint density at radius 3 is 2.42 bits per heavy atom. The maximum Gasteiger partial charge on any atom is 0.0997 e. The van der Waals surface area contributed by atoms with Gasteiger partial charge in [0.05, 0.1) is 6.67 Å². The summed E-state index contributed by atoms with van der Waals surface area (Å²) >= 11 is 0. The molecule has 1 heteroatoms. The van der Waals surface area contributed by atoms with Crippen LogP contribution in [0, 0.1) is 19.8 Å². The molecule has 0 saturated carbocycles. The minimum Gasteiger partial charge on any atom is -0.250 e. The third-order valence-electron chi connectivity index (χ3n) is 2.20. The van der Waals surface area contributed by atoms with Crippen LogP contribution in [0.15, 0.2) is 18.2 Å². The number of hydrogen-bond acceptors (Lipinski definition) is 0. The summed E-state index contributed by atoms with van der Waals surface area (Å²) in [7, 11) is 0. The van der Waals surface area contributed by atoms with E-state index in [2.05, 4.69) is 6.92 Å². The van der Waals surface area contributed by atoms with Crippen molar-refractivity contribution in [1.29, 1.82) is 0 Å². The summed E-state index contributed by atoms with van der Waals surface area (Å²) in [6.07, 6.45) is 0. The van der Waals surface area contributed by atoms with Crippen molar-refractivity contribution in [1.82, 2.24) is 0 Å². The standard InChI is InChI=1S/C11H14F/c1-8-4-5-11(6-9(8)2)10(3)7-12/h4-6H,7H2,1-3H3. The zero-order chi connectivity index (χ0) is 9.14. The van der Waals surface area contributed by atoms with Crippen molar-refractivity contribution >= 4 is 0 Å². The van der Waals surface area contributed by atoms with Crippen molar-refractivity contribution < 1.29 is 4.39 Å². The number of hydrogen-bond donors (Lipinski definition) is 0. The molecule has 0 atom stereocenters. The quantitative estimate of drug-likeness (QED) is 0.631. The van der Waals surface area contributed by atoms with Crippen LogP contribution in [0.1, 0.15) is 23.6 Å². The first kappa shape index (κ1) is 9.24. The summed E-state index contributed by atoms with van der Waals surface area (Å²) in [5.74, 6) is 0.804. The van der Waals surface area contributed by atoms with Crippen molar-refractivity contribution in [3.8, 4) is 0 Å². The lowest BCUT2D eigenvalue weighted by molar-refractivity contribution is 0.516. The van der Waals surface area contributed by atoms with Crippen LogP contribution in [0.2, 0.25) is 0 Å². The second-order valence-corrected chi connectivity index (χ2v) is 3.21. The van der Waals surface area contributed by atoms with Crippen molar-refractivity contribution in [3.63, 3.8) is 0 Å². The summed E-state index contributed by atoms with van der Waals surface area (Å²) in [6.45, 7) is 5.57. The zero-order valence-corrected chi connectivity index (χ0v) is 7.82. The molecule has 0 saturated heterocycles. The van der Waals surface area contributed by atoms with Crippen molar-refractivity contribution in [2.75, 3.05) is 6.67 Å². The number of alkyl halides is 1. The largest absolute Gasteiger partial charge is 0.250 e. The molecular weight excluding hydrogens is 151 g/mol. The van der Waals surface area contributed by atoms with Gasteiger partial charge in [-0.05, 0) is 30.5 Å². The molecule has 1 aromatic carbocycles. The SMILES string of the molecule is C[C](CF)c1ccc(C)c(C)c1. The minimum absolute atomic E-state index is 0.359. The first-order valence-corrected chi connectivity index (χ1v) is 4.11. The van der Waals surface area contributed by atoms with E-state index in [1.54, 1.807) is 0 Å². The van der Waals surface area contributed by atoms with Crippen LogP contribution in [0.25, 0.3) is 0 Å². The third-order valence-corrected chi connectivity index (χ3v) is 2.20. The Hall–Kier alpha value is -0.850. The number of benzene rings is 1. The molecule has 0 fully saturated rings. The van der Waals surface area contributed by atoms with E-state index in [1.807, 2.05) is 32.0 Å². The van der Waals surface area contributed by atoms with Gasteiger partial charge in [0, 0.05) is 5.92 Å². The number of rotatable bonds is 2. The number of halogens is 1. The van der Waals surface area contributed by atoms with Gasteiger partial charge in [0.15, 0.2) is 0 Å². The van der Waals surface area contributed by atoms with E-state index in [4.69, 9.17) is 0 Å². The maximum absolute atomic E-state index is 12.3. The number of aryl methyl sites for hydroxylation is 2. The highest BCUT2D eigenvalue weighted by Gasteiger charge is 2.05. The van der Waals surface area contributed by atoms with Crippen molar-refractivity contribution in [2.24, 2.45) is 0 Å². The Labute approximate surface area is 73.4 Å². The molecule has 0 bridgehead atoms. The molecule has 1 radical (unpaired) electrons. The van der Waals surface area contributed by atoms with Crippen LogP contribution >= 0.6 is 0 Å². The van der Waals surface area contributed by atoms with Gasteiger partial charge in [-0.15, -0.1) is 0 Å². The molecule has 1 aromatic rings. The molecule has 0 heterocycles. The van der Waals surface area contributed by atoms with Crippen LogP contribution in [0.3, 0.4) is 0 Å². The highest BCUT2D eigenvalue weighted by molar-refractivity contribution is 5.37. The molecule has 12 heavy (non-hydrogen) atoms. The molecule has 0 nitrogen and oxygen atoms in total. The van der Waals surface area contributed by atoms with Gasteiger partial charge < -0.3 is 0 Å². The van der Waals surface area contributed by atoms with E-state index in [9.17, 15) is 4.39 Å². The predicted octanol–water partition coefficient (Wildman–Crippen LogP) is 3.22. The fourth-order valence-corrected chi connectivity index (χ4v) is 1.08. The second kappa shape index (κ2) is 3.70. The van der Waals surface area contributed by atoms with E-state index >= 15 is 0 Å². The summed E-state index contributed by atoms with van der Waals surface area (Å²) in [4.78, 5) is 0. The second-order valence-electron chi connectivity index (χ2n) is 3.21. The van der Waals surface area contributed by atoms with E-state index in [0.29, 0.717) is 0 Å².